The minimum atomic E-state index is -1.19. The maximum Gasteiger partial charge on any atom is 0.339 e. The van der Waals surface area contributed by atoms with Gasteiger partial charge >= 0.3 is 11.9 Å². The van der Waals surface area contributed by atoms with E-state index in [0.29, 0.717) is 37.9 Å². The molecule has 318 valence electrons. The van der Waals surface area contributed by atoms with Crippen LogP contribution in [0.15, 0.2) is 60.7 Å². The molecule has 58 heavy (non-hydrogen) atoms. The molecule has 3 aromatic rings. The van der Waals surface area contributed by atoms with Gasteiger partial charge in [-0.2, -0.15) is 0 Å². The molecule has 0 aliphatic heterocycles. The van der Waals surface area contributed by atoms with E-state index < -0.39 is 11.9 Å². The zero-order valence-electron chi connectivity index (χ0n) is 35.4. The fourth-order valence-electron chi connectivity index (χ4n) is 9.05. The summed E-state index contributed by atoms with van der Waals surface area (Å²) < 4.78 is 23.6. The number of carboxylic acid groups (broad SMARTS) is 2. The molecule has 2 N–H and O–H groups in total. The monoisotopic (exact) mass is 799 g/mol. The summed E-state index contributed by atoms with van der Waals surface area (Å²) in [6.45, 7) is 6.42. The van der Waals surface area contributed by atoms with Gasteiger partial charge in [0, 0.05) is 0 Å². The molecular formula is C50H70O8. The molecule has 0 radical (unpaired) electrons. The van der Waals surface area contributed by atoms with Crippen molar-refractivity contribution in [3.8, 4) is 23.0 Å². The number of hydrogen-bond donors (Lipinski definition) is 2. The maximum atomic E-state index is 12.1. The molecule has 2 fully saturated rings. The molecule has 0 unspecified atom stereocenters. The molecule has 0 saturated heterocycles. The first-order valence-corrected chi connectivity index (χ1v) is 22.7. The summed E-state index contributed by atoms with van der Waals surface area (Å²) in [7, 11) is 0. The van der Waals surface area contributed by atoms with Crippen molar-refractivity contribution in [3.05, 3.63) is 82.9 Å². The zero-order valence-corrected chi connectivity index (χ0v) is 35.4. The molecule has 0 amide bonds. The van der Waals surface area contributed by atoms with Crippen molar-refractivity contribution in [1.29, 1.82) is 0 Å². The van der Waals surface area contributed by atoms with Gasteiger partial charge in [-0.1, -0.05) is 63.8 Å². The van der Waals surface area contributed by atoms with E-state index in [1.54, 1.807) is 0 Å². The SMILES string of the molecule is CCCC1CCC(c2ccc(OCCCCCCOc3cc(C(=O)O)c(OCCCCCCOc4ccc([C@H]5CC[C@H](CCC)CC5)cc4)cc3C(=O)O)cc2)CC1. The molecule has 0 aromatic heterocycles. The molecule has 2 saturated carbocycles. The van der Waals surface area contributed by atoms with Crippen molar-refractivity contribution >= 4 is 11.9 Å². The van der Waals surface area contributed by atoms with Gasteiger partial charge in [-0.05, 0) is 174 Å². The summed E-state index contributed by atoms with van der Waals surface area (Å²) in [5.41, 5.74) is 2.65. The lowest BCUT2D eigenvalue weighted by Crippen LogP contribution is -2.13. The lowest BCUT2D eigenvalue weighted by atomic mass is 9.77. The van der Waals surface area contributed by atoms with Gasteiger partial charge in [0.1, 0.15) is 34.1 Å². The highest BCUT2D eigenvalue weighted by Gasteiger charge is 2.24. The Morgan fingerprint density at radius 2 is 0.810 bits per heavy atom. The van der Waals surface area contributed by atoms with E-state index in [0.717, 1.165) is 61.9 Å². The van der Waals surface area contributed by atoms with Crippen LogP contribution in [0.5, 0.6) is 23.0 Å². The van der Waals surface area contributed by atoms with Crippen molar-refractivity contribution in [1.82, 2.24) is 0 Å². The fraction of sp³-hybridized carbons (Fsp3) is 0.600. The van der Waals surface area contributed by atoms with Crippen LogP contribution in [0.2, 0.25) is 0 Å². The summed E-state index contributed by atoms with van der Waals surface area (Å²) in [5, 5.41) is 19.8. The van der Waals surface area contributed by atoms with Gasteiger partial charge in [-0.3, -0.25) is 0 Å². The number of ether oxygens (including phenoxy) is 4. The second kappa shape index (κ2) is 24.7. The normalized spacial score (nSPS) is 19.3. The average Bonchev–Trinajstić information content (AvgIpc) is 3.24. The maximum absolute atomic E-state index is 12.1. The highest BCUT2D eigenvalue weighted by atomic mass is 16.5. The van der Waals surface area contributed by atoms with Crippen LogP contribution < -0.4 is 18.9 Å². The Labute approximate surface area is 348 Å². The van der Waals surface area contributed by atoms with Crippen molar-refractivity contribution in [2.75, 3.05) is 26.4 Å². The Bertz CT molecular complexity index is 1510. The van der Waals surface area contributed by atoms with Crippen LogP contribution in [0.3, 0.4) is 0 Å². The first kappa shape index (κ1) is 44.9. The van der Waals surface area contributed by atoms with Gasteiger partial charge < -0.3 is 29.2 Å². The molecule has 0 bridgehead atoms. The molecular weight excluding hydrogens is 729 g/mol. The van der Waals surface area contributed by atoms with Crippen LogP contribution in [0, 0.1) is 11.8 Å². The largest absolute Gasteiger partial charge is 0.494 e. The topological polar surface area (TPSA) is 112 Å². The minimum Gasteiger partial charge on any atom is -0.494 e. The molecule has 0 atom stereocenters. The molecule has 2 aliphatic carbocycles. The second-order valence-electron chi connectivity index (χ2n) is 16.8. The third kappa shape index (κ3) is 14.6. The van der Waals surface area contributed by atoms with Crippen molar-refractivity contribution in [3.63, 3.8) is 0 Å². The first-order chi connectivity index (χ1) is 28.3. The lowest BCUT2D eigenvalue weighted by molar-refractivity contribution is 0.0672. The quantitative estimate of drug-likeness (QED) is 0.0772. The second-order valence-corrected chi connectivity index (χ2v) is 16.8. The van der Waals surface area contributed by atoms with Gasteiger partial charge in [-0.15, -0.1) is 0 Å². The molecule has 2 aliphatic rings. The summed E-state index contributed by atoms with van der Waals surface area (Å²) >= 11 is 0. The van der Waals surface area contributed by atoms with E-state index in [-0.39, 0.29) is 35.8 Å². The van der Waals surface area contributed by atoms with Crippen molar-refractivity contribution in [2.45, 2.75) is 154 Å². The smallest absolute Gasteiger partial charge is 0.339 e. The van der Waals surface area contributed by atoms with Crippen LogP contribution in [-0.2, 0) is 0 Å². The number of hydrogen-bond acceptors (Lipinski definition) is 6. The first-order valence-electron chi connectivity index (χ1n) is 22.7. The predicted octanol–water partition coefficient (Wildman–Crippen LogP) is 13.3. The number of aromatic carboxylic acids is 2. The molecule has 8 heteroatoms. The van der Waals surface area contributed by atoms with E-state index >= 15 is 0 Å². The number of unbranched alkanes of at least 4 members (excludes halogenated alkanes) is 6. The van der Waals surface area contributed by atoms with Gasteiger partial charge in [-0.25, -0.2) is 9.59 Å². The highest BCUT2D eigenvalue weighted by molar-refractivity contribution is 5.97. The van der Waals surface area contributed by atoms with Crippen LogP contribution in [0.1, 0.15) is 186 Å². The molecule has 0 heterocycles. The standard InChI is InChI=1S/C50H70O8/c1-3-13-37-15-19-39(20-16-37)41-23-27-43(28-24-41)55-31-9-5-7-11-33-57-47-35-46(50(53)54)48(36-45(47)49(51)52)58-34-12-8-6-10-32-56-44-29-25-42(26-30-44)40-21-17-38(14-4-2)18-22-40/h23-30,35-40H,3-22,31-34H2,1-2H3,(H,51,52)(H,53,54)/t37-,38?,39-,40?. The van der Waals surface area contributed by atoms with Crippen molar-refractivity contribution < 1.29 is 38.7 Å². The van der Waals surface area contributed by atoms with E-state index in [9.17, 15) is 19.8 Å². The Hall–Kier alpha value is -4.20. The number of rotatable bonds is 26. The average molecular weight is 799 g/mol. The summed E-state index contributed by atoms with van der Waals surface area (Å²) in [4.78, 5) is 24.2. The van der Waals surface area contributed by atoms with E-state index in [4.69, 9.17) is 18.9 Å². The molecule has 8 nitrogen and oxygen atoms in total. The number of benzene rings is 3. The van der Waals surface area contributed by atoms with Gasteiger partial charge in [0.05, 0.1) is 26.4 Å². The molecule has 0 spiro atoms. The third-order valence-electron chi connectivity index (χ3n) is 12.5. The summed E-state index contributed by atoms with van der Waals surface area (Å²) in [6, 6.07) is 19.9. The number of carboxylic acids is 2. The van der Waals surface area contributed by atoms with Gasteiger partial charge in [0.25, 0.3) is 0 Å². The van der Waals surface area contributed by atoms with Crippen LogP contribution in [0.25, 0.3) is 0 Å². The van der Waals surface area contributed by atoms with E-state index in [1.807, 2.05) is 0 Å². The Kier molecular flexibility index (Phi) is 19.1. The zero-order chi connectivity index (χ0) is 41.0. The Balaban J connectivity index is 0.934. The summed E-state index contributed by atoms with van der Waals surface area (Å²) in [5.74, 6) is 2.69. The fourth-order valence-corrected chi connectivity index (χ4v) is 9.05. The lowest BCUT2D eigenvalue weighted by Gasteiger charge is -2.28. The Morgan fingerprint density at radius 3 is 1.12 bits per heavy atom. The number of carbonyl (C=O) groups is 2. The third-order valence-corrected chi connectivity index (χ3v) is 12.5. The molecule has 5 rings (SSSR count). The van der Waals surface area contributed by atoms with E-state index in [1.165, 1.54) is 100 Å². The van der Waals surface area contributed by atoms with E-state index in [2.05, 4.69) is 62.4 Å². The molecule has 3 aromatic carbocycles. The Morgan fingerprint density at radius 1 is 0.483 bits per heavy atom. The summed E-state index contributed by atoms with van der Waals surface area (Å²) in [6.07, 6.45) is 22.8. The van der Waals surface area contributed by atoms with Crippen LogP contribution >= 0.6 is 0 Å². The highest BCUT2D eigenvalue weighted by Crippen LogP contribution is 2.39. The van der Waals surface area contributed by atoms with Gasteiger partial charge in [0.15, 0.2) is 0 Å². The van der Waals surface area contributed by atoms with Crippen LogP contribution in [0.4, 0.5) is 0 Å². The minimum absolute atomic E-state index is 0.0437. The van der Waals surface area contributed by atoms with Crippen LogP contribution in [-0.4, -0.2) is 48.6 Å². The van der Waals surface area contributed by atoms with Gasteiger partial charge in [0.2, 0.25) is 0 Å². The predicted molar refractivity (Wildman–Crippen MR) is 231 cm³/mol. The van der Waals surface area contributed by atoms with Crippen molar-refractivity contribution in [2.24, 2.45) is 11.8 Å².